The highest BCUT2D eigenvalue weighted by Crippen LogP contribution is 2.36. The van der Waals surface area contributed by atoms with Gasteiger partial charge in [0.25, 0.3) is 5.91 Å². The summed E-state index contributed by atoms with van der Waals surface area (Å²) in [5, 5.41) is 28.4. The maximum Gasteiger partial charge on any atom is 0.407 e. The van der Waals surface area contributed by atoms with E-state index in [-0.39, 0.29) is 30.3 Å². The predicted octanol–water partition coefficient (Wildman–Crippen LogP) is 3.23. The number of phenolic OH excluding ortho intramolecular Hbond substituents is 1. The number of alkyl carbamates (subject to hydrolysis) is 1. The standard InChI is InChI=1S/C24H27N5O7/c1-14(2)13-36-24(32)27-19(10-16-12-25-18-7-5-4-6-17(16)18)23(31)28-26-11-15-8-20(29(33)34)22(30)21(9-15)35-3/h4-9,11-12,14,19,25,30H,10,13H2,1-3H3,(H,27,32)(H,28,31)/b26-11+/t19-/m0/s1. The minimum Gasteiger partial charge on any atom is -0.500 e. The summed E-state index contributed by atoms with van der Waals surface area (Å²) in [5.41, 5.74) is 3.66. The summed E-state index contributed by atoms with van der Waals surface area (Å²) in [6.07, 6.45) is 2.33. The van der Waals surface area contributed by atoms with Gasteiger partial charge in [0.15, 0.2) is 5.75 Å². The first-order valence-corrected chi connectivity index (χ1v) is 11.1. The van der Waals surface area contributed by atoms with Gasteiger partial charge in [-0.25, -0.2) is 10.2 Å². The van der Waals surface area contributed by atoms with Crippen LogP contribution in [0, 0.1) is 16.0 Å². The van der Waals surface area contributed by atoms with Crippen LogP contribution in [0.2, 0.25) is 0 Å². The number of para-hydroxylation sites is 1. The Balaban J connectivity index is 1.78. The van der Waals surface area contributed by atoms with Gasteiger partial charge in [-0.3, -0.25) is 14.9 Å². The molecule has 1 atom stereocenters. The van der Waals surface area contributed by atoms with Gasteiger partial charge >= 0.3 is 11.8 Å². The number of phenols is 1. The van der Waals surface area contributed by atoms with Crippen molar-refractivity contribution in [3.63, 3.8) is 0 Å². The first-order valence-electron chi connectivity index (χ1n) is 11.1. The summed E-state index contributed by atoms with van der Waals surface area (Å²) < 4.78 is 10.1. The second kappa shape index (κ2) is 11.7. The number of hydrogen-bond acceptors (Lipinski definition) is 8. The van der Waals surface area contributed by atoms with Crippen molar-refractivity contribution in [3.05, 3.63) is 63.8 Å². The van der Waals surface area contributed by atoms with Gasteiger partial charge in [-0.05, 0) is 23.6 Å². The van der Waals surface area contributed by atoms with Gasteiger partial charge in [-0.1, -0.05) is 32.0 Å². The lowest BCUT2D eigenvalue weighted by atomic mass is 10.0. The Labute approximate surface area is 206 Å². The minimum absolute atomic E-state index is 0.118. The summed E-state index contributed by atoms with van der Waals surface area (Å²) in [6, 6.07) is 8.93. The number of carbonyl (C=O) groups is 2. The third-order valence-corrected chi connectivity index (χ3v) is 5.14. The molecule has 0 radical (unpaired) electrons. The minimum atomic E-state index is -1.02. The van der Waals surface area contributed by atoms with Crippen molar-refractivity contribution in [1.29, 1.82) is 0 Å². The molecular formula is C24H27N5O7. The van der Waals surface area contributed by atoms with Crippen LogP contribution in [0.5, 0.6) is 11.5 Å². The van der Waals surface area contributed by atoms with Gasteiger partial charge in [0.1, 0.15) is 6.04 Å². The van der Waals surface area contributed by atoms with Crippen molar-refractivity contribution in [2.45, 2.75) is 26.3 Å². The van der Waals surface area contributed by atoms with E-state index in [0.29, 0.717) is 0 Å². The molecule has 3 rings (SSSR count). The van der Waals surface area contributed by atoms with Crippen molar-refractivity contribution < 1.29 is 29.1 Å². The Morgan fingerprint density at radius 1 is 1.28 bits per heavy atom. The lowest BCUT2D eigenvalue weighted by molar-refractivity contribution is -0.386. The quantitative estimate of drug-likeness (QED) is 0.189. The van der Waals surface area contributed by atoms with E-state index in [0.717, 1.165) is 28.7 Å². The normalized spacial score (nSPS) is 12.0. The average molecular weight is 498 g/mol. The molecule has 0 bridgehead atoms. The third kappa shape index (κ3) is 6.50. The summed E-state index contributed by atoms with van der Waals surface area (Å²) in [4.78, 5) is 38.8. The molecule has 4 N–H and O–H groups in total. The number of nitro groups is 1. The number of hydrazone groups is 1. The van der Waals surface area contributed by atoms with Crippen LogP contribution in [-0.2, 0) is 16.0 Å². The molecular weight excluding hydrogens is 470 g/mol. The number of hydrogen-bond donors (Lipinski definition) is 4. The van der Waals surface area contributed by atoms with Gasteiger partial charge in [0.05, 0.1) is 24.9 Å². The van der Waals surface area contributed by atoms with E-state index in [4.69, 9.17) is 9.47 Å². The van der Waals surface area contributed by atoms with Crippen LogP contribution in [0.4, 0.5) is 10.5 Å². The molecule has 0 aliphatic carbocycles. The number of ether oxygens (including phenoxy) is 2. The van der Waals surface area contributed by atoms with Crippen molar-refractivity contribution in [2.75, 3.05) is 13.7 Å². The number of aromatic amines is 1. The molecule has 0 fully saturated rings. The summed E-state index contributed by atoms with van der Waals surface area (Å²) >= 11 is 0. The maximum absolute atomic E-state index is 12.9. The van der Waals surface area contributed by atoms with E-state index in [1.807, 2.05) is 38.1 Å². The van der Waals surface area contributed by atoms with E-state index in [9.17, 15) is 24.8 Å². The zero-order chi connectivity index (χ0) is 26.2. The number of nitro benzene ring substituents is 1. The molecule has 0 unspecified atom stereocenters. The number of amides is 2. The maximum atomic E-state index is 12.9. The zero-order valence-corrected chi connectivity index (χ0v) is 20.0. The molecule has 3 aromatic rings. The Kier molecular flexibility index (Phi) is 8.44. The highest BCUT2D eigenvalue weighted by atomic mass is 16.6. The lowest BCUT2D eigenvalue weighted by Crippen LogP contribution is -2.47. The van der Waals surface area contributed by atoms with Crippen LogP contribution >= 0.6 is 0 Å². The van der Waals surface area contributed by atoms with E-state index < -0.39 is 34.4 Å². The van der Waals surface area contributed by atoms with Crippen molar-refractivity contribution in [2.24, 2.45) is 11.0 Å². The number of aromatic nitrogens is 1. The number of H-pyrrole nitrogens is 1. The van der Waals surface area contributed by atoms with E-state index in [2.05, 4.69) is 20.8 Å². The van der Waals surface area contributed by atoms with Crippen LogP contribution < -0.4 is 15.5 Å². The van der Waals surface area contributed by atoms with E-state index in [1.165, 1.54) is 13.2 Å². The van der Waals surface area contributed by atoms with Crippen LogP contribution in [0.25, 0.3) is 10.9 Å². The molecule has 1 heterocycles. The molecule has 36 heavy (non-hydrogen) atoms. The number of carbonyl (C=O) groups excluding carboxylic acids is 2. The van der Waals surface area contributed by atoms with Crippen LogP contribution in [0.1, 0.15) is 25.0 Å². The molecule has 0 aliphatic rings. The molecule has 0 aliphatic heterocycles. The largest absolute Gasteiger partial charge is 0.500 e. The Bertz CT molecular complexity index is 1290. The van der Waals surface area contributed by atoms with Gasteiger partial charge in [-0.15, -0.1) is 0 Å². The molecule has 2 amide bonds. The molecule has 190 valence electrons. The van der Waals surface area contributed by atoms with Crippen LogP contribution in [-0.4, -0.2) is 53.0 Å². The number of aromatic hydroxyl groups is 1. The van der Waals surface area contributed by atoms with Crippen molar-refractivity contribution in [3.8, 4) is 11.5 Å². The monoisotopic (exact) mass is 497 g/mol. The number of rotatable bonds is 10. The Morgan fingerprint density at radius 3 is 2.72 bits per heavy atom. The van der Waals surface area contributed by atoms with Crippen molar-refractivity contribution in [1.82, 2.24) is 15.7 Å². The highest BCUT2D eigenvalue weighted by molar-refractivity contribution is 5.90. The highest BCUT2D eigenvalue weighted by Gasteiger charge is 2.24. The van der Waals surface area contributed by atoms with Gasteiger partial charge in [0.2, 0.25) is 5.75 Å². The Morgan fingerprint density at radius 2 is 2.03 bits per heavy atom. The third-order valence-electron chi connectivity index (χ3n) is 5.14. The lowest BCUT2D eigenvalue weighted by Gasteiger charge is -2.17. The molecule has 2 aromatic carbocycles. The second-order valence-corrected chi connectivity index (χ2v) is 8.34. The molecule has 12 nitrogen and oxygen atoms in total. The molecule has 0 spiro atoms. The molecule has 1 aromatic heterocycles. The van der Waals surface area contributed by atoms with Crippen LogP contribution in [0.3, 0.4) is 0 Å². The zero-order valence-electron chi connectivity index (χ0n) is 20.0. The fourth-order valence-electron chi connectivity index (χ4n) is 3.39. The van der Waals surface area contributed by atoms with Crippen LogP contribution in [0.15, 0.2) is 47.7 Å². The molecule has 12 heteroatoms. The van der Waals surface area contributed by atoms with E-state index in [1.54, 1.807) is 6.20 Å². The second-order valence-electron chi connectivity index (χ2n) is 8.34. The van der Waals surface area contributed by atoms with Gasteiger partial charge in [0, 0.05) is 35.2 Å². The number of benzene rings is 2. The number of fused-ring (bicyclic) bond motifs is 1. The number of nitrogens with one attached hydrogen (secondary N) is 3. The number of nitrogens with zero attached hydrogens (tertiary/aromatic N) is 2. The fourth-order valence-corrected chi connectivity index (χ4v) is 3.39. The first-order chi connectivity index (χ1) is 17.2. The smallest absolute Gasteiger partial charge is 0.407 e. The average Bonchev–Trinajstić information content (AvgIpc) is 3.25. The van der Waals surface area contributed by atoms with Gasteiger partial charge in [-0.2, -0.15) is 5.10 Å². The molecule has 0 saturated heterocycles. The Hall–Kier alpha value is -4.61. The van der Waals surface area contributed by atoms with Crippen molar-refractivity contribution >= 4 is 34.8 Å². The predicted molar refractivity (Wildman–Crippen MR) is 132 cm³/mol. The topological polar surface area (TPSA) is 168 Å². The SMILES string of the molecule is COc1cc(/C=N/NC(=O)[C@H](Cc2c[nH]c3ccccc23)NC(=O)OCC(C)C)cc([N+](=O)[O-])c1O. The first kappa shape index (κ1) is 26.0. The molecule has 0 saturated carbocycles. The van der Waals surface area contributed by atoms with E-state index >= 15 is 0 Å². The summed E-state index contributed by atoms with van der Waals surface area (Å²) in [5.74, 6) is -1.25. The summed E-state index contributed by atoms with van der Waals surface area (Å²) in [7, 11) is 1.25. The number of methoxy groups -OCH3 is 1. The van der Waals surface area contributed by atoms with Gasteiger partial charge < -0.3 is 24.9 Å². The fraction of sp³-hybridized carbons (Fsp3) is 0.292. The summed E-state index contributed by atoms with van der Waals surface area (Å²) in [6.45, 7) is 3.97.